The highest BCUT2D eigenvalue weighted by Crippen LogP contribution is 2.45. The Morgan fingerprint density at radius 1 is 1.34 bits per heavy atom. The van der Waals surface area contributed by atoms with Gasteiger partial charge in [0.1, 0.15) is 12.1 Å². The van der Waals surface area contributed by atoms with E-state index in [9.17, 15) is 22.4 Å². The fourth-order valence-electron chi connectivity index (χ4n) is 3.19. The van der Waals surface area contributed by atoms with E-state index in [1.807, 2.05) is 0 Å². The summed E-state index contributed by atoms with van der Waals surface area (Å²) in [5, 5.41) is 2.50. The average Bonchev–Trinajstić information content (AvgIpc) is 3.05. The third-order valence-electron chi connectivity index (χ3n) is 4.87. The number of nitrogens with zero attached hydrogens (tertiary/aromatic N) is 2. The molecule has 1 aliphatic rings. The number of aromatic nitrogens is 1. The van der Waals surface area contributed by atoms with E-state index in [2.05, 4.69) is 20.0 Å². The van der Waals surface area contributed by atoms with Crippen molar-refractivity contribution in [3.63, 3.8) is 0 Å². The molecule has 156 valence electrons. The second kappa shape index (κ2) is 7.05. The van der Waals surface area contributed by atoms with Crippen LogP contribution in [0.25, 0.3) is 0 Å². The number of benzene rings is 1. The predicted molar refractivity (Wildman–Crippen MR) is 94.7 cm³/mol. The fourth-order valence-corrected chi connectivity index (χ4v) is 3.19. The van der Waals surface area contributed by atoms with Gasteiger partial charge < -0.3 is 20.2 Å². The molecule has 0 bridgehead atoms. The molecule has 1 aromatic carbocycles. The van der Waals surface area contributed by atoms with Crippen LogP contribution < -0.4 is 11.1 Å². The summed E-state index contributed by atoms with van der Waals surface area (Å²) in [5.41, 5.74) is 3.75. The minimum Gasteiger partial charge on any atom is -0.452 e. The third-order valence-corrected chi connectivity index (χ3v) is 4.87. The lowest BCUT2D eigenvalue weighted by atomic mass is 9.76. The van der Waals surface area contributed by atoms with Gasteiger partial charge in [0.25, 0.3) is 11.9 Å². The highest BCUT2D eigenvalue weighted by molar-refractivity contribution is 6.02. The number of carbonyl (C=O) groups excluding carboxylic acids is 1. The highest BCUT2D eigenvalue weighted by atomic mass is 19.4. The Morgan fingerprint density at radius 3 is 2.62 bits per heavy atom. The van der Waals surface area contributed by atoms with Crippen LogP contribution in [0.15, 0.2) is 33.9 Å². The maximum Gasteiger partial charge on any atom is 0.425 e. The summed E-state index contributed by atoms with van der Waals surface area (Å²) in [5.74, 6) is -2.44. The third kappa shape index (κ3) is 3.89. The van der Waals surface area contributed by atoms with E-state index < -0.39 is 41.5 Å². The van der Waals surface area contributed by atoms with Gasteiger partial charge in [0.2, 0.25) is 6.10 Å². The zero-order valence-corrected chi connectivity index (χ0v) is 15.7. The number of amides is 1. The fraction of sp³-hybridized carbons (Fsp3) is 0.389. The Bertz CT molecular complexity index is 972. The predicted octanol–water partition coefficient (Wildman–Crippen LogP) is 3.50. The van der Waals surface area contributed by atoms with Crippen LogP contribution in [0.3, 0.4) is 0 Å². The number of nitrogens with two attached hydrogens (primary N) is 1. The number of hydrogen-bond donors (Lipinski definition) is 2. The first-order chi connectivity index (χ1) is 13.4. The zero-order valence-electron chi connectivity index (χ0n) is 15.7. The van der Waals surface area contributed by atoms with Gasteiger partial charge in [-0.2, -0.15) is 13.2 Å². The van der Waals surface area contributed by atoms with E-state index in [4.69, 9.17) is 10.2 Å². The van der Waals surface area contributed by atoms with Gasteiger partial charge >= 0.3 is 6.18 Å². The van der Waals surface area contributed by atoms with Crippen molar-refractivity contribution in [2.75, 3.05) is 5.32 Å². The number of halogens is 4. The van der Waals surface area contributed by atoms with Crippen LogP contribution in [0.2, 0.25) is 0 Å². The molecule has 2 heterocycles. The smallest absolute Gasteiger partial charge is 0.425 e. The van der Waals surface area contributed by atoms with Gasteiger partial charge in [-0.05, 0) is 25.1 Å². The lowest BCUT2D eigenvalue weighted by molar-refractivity contribution is -0.223. The Labute approximate surface area is 163 Å². The van der Waals surface area contributed by atoms with Gasteiger partial charge in [-0.25, -0.2) is 14.4 Å². The van der Waals surface area contributed by atoms with Crippen LogP contribution in [-0.2, 0) is 10.3 Å². The zero-order chi connectivity index (χ0) is 21.6. The van der Waals surface area contributed by atoms with E-state index in [0.29, 0.717) is 0 Å². The number of aliphatic imine (C=N–C) groups is 1. The number of anilines is 1. The van der Waals surface area contributed by atoms with Crippen molar-refractivity contribution < 1.29 is 31.5 Å². The molecule has 3 N–H and O–H groups in total. The normalized spacial score (nSPS) is 24.6. The van der Waals surface area contributed by atoms with Crippen LogP contribution in [-0.4, -0.2) is 29.2 Å². The maximum absolute atomic E-state index is 14.6. The summed E-state index contributed by atoms with van der Waals surface area (Å²) in [6.45, 7) is 4.13. The molecule has 7 nitrogen and oxygen atoms in total. The molecule has 3 atom stereocenters. The molecule has 0 fully saturated rings. The molecule has 29 heavy (non-hydrogen) atoms. The van der Waals surface area contributed by atoms with E-state index >= 15 is 0 Å². The summed E-state index contributed by atoms with van der Waals surface area (Å²) in [6, 6.07) is 2.82. The second-order valence-corrected chi connectivity index (χ2v) is 6.87. The van der Waals surface area contributed by atoms with Crippen molar-refractivity contribution in [1.82, 2.24) is 4.98 Å². The molecule has 1 aromatic heterocycles. The summed E-state index contributed by atoms with van der Waals surface area (Å²) >= 11 is 0. The van der Waals surface area contributed by atoms with Crippen molar-refractivity contribution in [1.29, 1.82) is 0 Å². The summed E-state index contributed by atoms with van der Waals surface area (Å²) < 4.78 is 64.3. The first-order valence-electron chi connectivity index (χ1n) is 8.54. The summed E-state index contributed by atoms with van der Waals surface area (Å²) in [6.07, 6.45) is -5.84. The number of hydrogen-bond acceptors (Lipinski definition) is 6. The SMILES string of the molecule is Cc1nc(C(=O)Nc2ccc(F)c([C@@]3(C)N=C(N)O[C@H](C(F)(F)F)[C@@H]3C)c2)co1. The minimum absolute atomic E-state index is 0.00146. The monoisotopic (exact) mass is 414 g/mol. The van der Waals surface area contributed by atoms with Crippen LogP contribution in [0.5, 0.6) is 0 Å². The van der Waals surface area contributed by atoms with Gasteiger partial charge in [-0.15, -0.1) is 0 Å². The Hall–Kier alpha value is -3.11. The van der Waals surface area contributed by atoms with Gasteiger partial charge in [-0.1, -0.05) is 6.92 Å². The number of ether oxygens (including phenoxy) is 1. The molecule has 11 heteroatoms. The van der Waals surface area contributed by atoms with Crippen LogP contribution in [0.4, 0.5) is 23.2 Å². The van der Waals surface area contributed by atoms with Crippen LogP contribution in [0.1, 0.15) is 35.8 Å². The van der Waals surface area contributed by atoms with Gasteiger partial charge in [0.15, 0.2) is 11.6 Å². The molecule has 3 rings (SSSR count). The lowest BCUT2D eigenvalue weighted by Crippen LogP contribution is -2.52. The quantitative estimate of drug-likeness (QED) is 0.749. The Morgan fingerprint density at radius 2 is 2.03 bits per heavy atom. The average molecular weight is 414 g/mol. The lowest BCUT2D eigenvalue weighted by Gasteiger charge is -2.41. The number of amidine groups is 1. The molecular weight excluding hydrogens is 396 g/mol. The number of carbonyl (C=O) groups is 1. The topological polar surface area (TPSA) is 103 Å². The van der Waals surface area contributed by atoms with E-state index in [1.54, 1.807) is 6.92 Å². The molecule has 0 radical (unpaired) electrons. The highest BCUT2D eigenvalue weighted by Gasteiger charge is 2.55. The van der Waals surface area contributed by atoms with Gasteiger partial charge in [0, 0.05) is 24.1 Å². The number of oxazole rings is 1. The van der Waals surface area contributed by atoms with Crippen molar-refractivity contribution in [3.05, 3.63) is 47.4 Å². The molecular formula is C18H18F4N4O3. The van der Waals surface area contributed by atoms with Crippen LogP contribution in [0, 0.1) is 18.7 Å². The van der Waals surface area contributed by atoms with E-state index in [0.717, 1.165) is 12.3 Å². The van der Waals surface area contributed by atoms with Crippen LogP contribution >= 0.6 is 0 Å². The van der Waals surface area contributed by atoms with Gasteiger partial charge in [-0.3, -0.25) is 4.79 Å². The first-order valence-corrected chi connectivity index (χ1v) is 8.54. The molecule has 1 aliphatic heterocycles. The van der Waals surface area contributed by atoms with Crippen molar-refractivity contribution in [2.45, 2.75) is 38.6 Å². The largest absolute Gasteiger partial charge is 0.452 e. The second-order valence-electron chi connectivity index (χ2n) is 6.87. The Kier molecular flexibility index (Phi) is 5.01. The molecule has 1 amide bonds. The molecule has 0 spiro atoms. The number of nitrogens with one attached hydrogen (secondary N) is 1. The van der Waals surface area contributed by atoms with E-state index in [-0.39, 0.29) is 22.8 Å². The van der Waals surface area contributed by atoms with Gasteiger partial charge in [0.05, 0.1) is 5.54 Å². The molecule has 0 saturated carbocycles. The minimum atomic E-state index is -4.73. The summed E-state index contributed by atoms with van der Waals surface area (Å²) in [7, 11) is 0. The number of aryl methyl sites for hydroxylation is 1. The van der Waals surface area contributed by atoms with Crippen molar-refractivity contribution in [3.8, 4) is 0 Å². The summed E-state index contributed by atoms with van der Waals surface area (Å²) in [4.78, 5) is 20.1. The first kappa shape index (κ1) is 20.6. The molecule has 2 aromatic rings. The molecule has 0 saturated heterocycles. The standard InChI is InChI=1S/C18H18F4N4O3/c1-8-14(18(20,21)22)29-16(23)26-17(8,3)11-6-10(4-5-12(11)19)25-15(27)13-7-28-9(2)24-13/h4-8,14H,1-3H3,(H2,23,26)(H,25,27)/t8-,14-,17-/m0/s1. The Balaban J connectivity index is 1.98. The van der Waals surface area contributed by atoms with E-state index in [1.165, 1.54) is 26.0 Å². The number of alkyl halides is 3. The maximum atomic E-state index is 14.6. The molecule has 0 unspecified atom stereocenters. The molecule has 0 aliphatic carbocycles. The van der Waals surface area contributed by atoms with Crippen molar-refractivity contribution >= 4 is 17.6 Å². The number of rotatable bonds is 3. The van der Waals surface area contributed by atoms with Crippen molar-refractivity contribution in [2.24, 2.45) is 16.6 Å².